The Hall–Kier alpha value is -0.650. The summed E-state index contributed by atoms with van der Waals surface area (Å²) in [6.45, 7) is 1.68. The zero-order chi connectivity index (χ0) is 11.4. The Morgan fingerprint density at radius 1 is 1.40 bits per heavy atom. The third-order valence-electron chi connectivity index (χ3n) is 1.87. The quantitative estimate of drug-likeness (QED) is 0.781. The summed E-state index contributed by atoms with van der Waals surface area (Å²) in [5, 5.41) is 8.55. The molecule has 1 aromatic carbocycles. The fourth-order valence-corrected chi connectivity index (χ4v) is 1.90. The lowest BCUT2D eigenvalue weighted by atomic mass is 10.2. The molecule has 1 aromatic rings. The Bertz CT molecular complexity index is 323. The van der Waals surface area contributed by atoms with E-state index in [0.29, 0.717) is 5.56 Å². The highest BCUT2D eigenvalue weighted by Crippen LogP contribution is 2.29. The first-order valence-electron chi connectivity index (χ1n) is 4.54. The van der Waals surface area contributed by atoms with E-state index in [2.05, 4.69) is 0 Å². The number of thioether (sulfide) groups is 1. The van der Waals surface area contributed by atoms with Gasteiger partial charge in [0, 0.05) is 11.8 Å². The van der Waals surface area contributed by atoms with E-state index in [4.69, 9.17) is 10.8 Å². The van der Waals surface area contributed by atoms with Gasteiger partial charge in [-0.05, 0) is 17.7 Å². The maximum atomic E-state index is 13.4. The van der Waals surface area contributed by atoms with Crippen LogP contribution in [0.2, 0.25) is 0 Å². The Balaban J connectivity index is 2.98. The molecule has 0 aliphatic rings. The molecule has 0 amide bonds. The maximum Gasteiger partial charge on any atom is 0.140 e. The van der Waals surface area contributed by atoms with Crippen LogP contribution in [0.25, 0.3) is 0 Å². The van der Waals surface area contributed by atoms with Crippen LogP contribution in [0.5, 0.6) is 0 Å². The van der Waals surface area contributed by atoms with Gasteiger partial charge >= 0.3 is 0 Å². The van der Waals surface area contributed by atoms with Crippen molar-refractivity contribution in [2.45, 2.75) is 23.6 Å². The van der Waals surface area contributed by atoms with E-state index in [0.717, 1.165) is 11.8 Å². The molecule has 1 rings (SSSR count). The lowest BCUT2D eigenvalue weighted by molar-refractivity contribution is 0.300. The highest BCUT2D eigenvalue weighted by Gasteiger charge is 2.14. The van der Waals surface area contributed by atoms with E-state index in [1.54, 1.807) is 6.92 Å². The predicted octanol–water partition coefficient (Wildman–Crippen LogP) is 1.90. The van der Waals surface area contributed by atoms with Gasteiger partial charge in [-0.2, -0.15) is 0 Å². The van der Waals surface area contributed by atoms with Crippen LogP contribution in [-0.2, 0) is 6.54 Å². The molecule has 5 heteroatoms. The van der Waals surface area contributed by atoms with Gasteiger partial charge < -0.3 is 10.8 Å². The molecule has 3 N–H and O–H groups in total. The SMILES string of the molecule is CC(CO)Sc1c(F)cc(CN)cc1F. The summed E-state index contributed by atoms with van der Waals surface area (Å²) in [5.74, 6) is -1.25. The molecule has 0 aliphatic heterocycles. The van der Waals surface area contributed by atoms with Gasteiger partial charge in [0.1, 0.15) is 11.6 Å². The first-order valence-corrected chi connectivity index (χ1v) is 5.42. The van der Waals surface area contributed by atoms with E-state index < -0.39 is 11.6 Å². The van der Waals surface area contributed by atoms with E-state index in [1.807, 2.05) is 0 Å². The van der Waals surface area contributed by atoms with Crippen LogP contribution >= 0.6 is 11.8 Å². The van der Waals surface area contributed by atoms with Gasteiger partial charge in [-0.15, -0.1) is 11.8 Å². The number of hydrogen-bond acceptors (Lipinski definition) is 3. The molecule has 84 valence electrons. The number of nitrogens with two attached hydrogens (primary N) is 1. The van der Waals surface area contributed by atoms with Crippen molar-refractivity contribution in [2.24, 2.45) is 5.73 Å². The van der Waals surface area contributed by atoms with Gasteiger partial charge in [-0.1, -0.05) is 6.92 Å². The van der Waals surface area contributed by atoms with E-state index in [9.17, 15) is 8.78 Å². The summed E-state index contributed by atoms with van der Waals surface area (Å²) in [6.07, 6.45) is 0. The molecule has 0 saturated heterocycles. The van der Waals surface area contributed by atoms with Crippen molar-refractivity contribution in [3.05, 3.63) is 29.3 Å². The van der Waals surface area contributed by atoms with Crippen LogP contribution in [0.4, 0.5) is 8.78 Å². The second-order valence-electron chi connectivity index (χ2n) is 3.20. The predicted molar refractivity (Wildman–Crippen MR) is 56.7 cm³/mol. The Kier molecular flexibility index (Phi) is 4.50. The van der Waals surface area contributed by atoms with Crippen LogP contribution in [0, 0.1) is 11.6 Å². The molecule has 0 bridgehead atoms. The van der Waals surface area contributed by atoms with E-state index >= 15 is 0 Å². The normalized spacial score (nSPS) is 12.9. The first kappa shape index (κ1) is 12.4. The van der Waals surface area contributed by atoms with Gasteiger partial charge in [-0.25, -0.2) is 8.78 Å². The zero-order valence-corrected chi connectivity index (χ0v) is 9.15. The summed E-state index contributed by atoms with van der Waals surface area (Å²) in [5.41, 5.74) is 5.71. The third kappa shape index (κ3) is 3.15. The Labute approximate surface area is 91.5 Å². The van der Waals surface area contributed by atoms with Crippen molar-refractivity contribution in [3.63, 3.8) is 0 Å². The highest BCUT2D eigenvalue weighted by atomic mass is 32.2. The molecule has 0 aromatic heterocycles. The van der Waals surface area contributed by atoms with Crippen molar-refractivity contribution in [2.75, 3.05) is 6.61 Å². The third-order valence-corrected chi connectivity index (χ3v) is 3.05. The number of hydrogen-bond donors (Lipinski definition) is 2. The van der Waals surface area contributed by atoms with Crippen LogP contribution in [0.1, 0.15) is 12.5 Å². The van der Waals surface area contributed by atoms with Crippen molar-refractivity contribution in [3.8, 4) is 0 Å². The van der Waals surface area contributed by atoms with Crippen molar-refractivity contribution in [1.82, 2.24) is 0 Å². The summed E-state index contributed by atoms with van der Waals surface area (Å²) in [7, 11) is 0. The lowest BCUT2D eigenvalue weighted by Gasteiger charge is -2.10. The molecule has 0 fully saturated rings. The average molecular weight is 233 g/mol. The van der Waals surface area contributed by atoms with Gasteiger partial charge in [0.25, 0.3) is 0 Å². The summed E-state index contributed by atoms with van der Waals surface area (Å²) in [6, 6.07) is 2.44. The maximum absolute atomic E-state index is 13.4. The minimum absolute atomic E-state index is 0.0613. The monoisotopic (exact) mass is 233 g/mol. The molecule has 0 radical (unpaired) electrons. The Morgan fingerprint density at radius 3 is 2.33 bits per heavy atom. The molecule has 0 spiro atoms. The highest BCUT2D eigenvalue weighted by molar-refractivity contribution is 8.00. The topological polar surface area (TPSA) is 46.2 Å². The second kappa shape index (κ2) is 5.44. The van der Waals surface area contributed by atoms with Crippen molar-refractivity contribution in [1.29, 1.82) is 0 Å². The van der Waals surface area contributed by atoms with Crippen LogP contribution in [0.3, 0.4) is 0 Å². The molecular weight excluding hydrogens is 220 g/mol. The average Bonchev–Trinajstić information content (AvgIpc) is 2.22. The molecular formula is C10H13F2NOS. The smallest absolute Gasteiger partial charge is 0.140 e. The molecule has 0 heterocycles. The van der Waals surface area contributed by atoms with Gasteiger partial charge in [0.2, 0.25) is 0 Å². The minimum atomic E-state index is -0.624. The largest absolute Gasteiger partial charge is 0.395 e. The fourth-order valence-electron chi connectivity index (χ4n) is 1.08. The number of aliphatic hydroxyl groups is 1. The molecule has 1 unspecified atom stereocenters. The molecule has 0 saturated carbocycles. The molecule has 15 heavy (non-hydrogen) atoms. The zero-order valence-electron chi connectivity index (χ0n) is 8.34. The van der Waals surface area contributed by atoms with Gasteiger partial charge in [-0.3, -0.25) is 0 Å². The molecule has 2 nitrogen and oxygen atoms in total. The minimum Gasteiger partial charge on any atom is -0.395 e. The van der Waals surface area contributed by atoms with Crippen LogP contribution in [-0.4, -0.2) is 17.0 Å². The molecule has 0 aliphatic carbocycles. The Morgan fingerprint density at radius 2 is 1.93 bits per heavy atom. The van der Waals surface area contributed by atoms with Crippen LogP contribution < -0.4 is 5.73 Å². The number of halogens is 2. The number of benzene rings is 1. The van der Waals surface area contributed by atoms with Crippen molar-refractivity contribution >= 4 is 11.8 Å². The number of aliphatic hydroxyl groups excluding tert-OH is 1. The van der Waals surface area contributed by atoms with Crippen LogP contribution in [0.15, 0.2) is 17.0 Å². The van der Waals surface area contributed by atoms with Gasteiger partial charge in [0.05, 0.1) is 11.5 Å². The van der Waals surface area contributed by atoms with E-state index in [1.165, 1.54) is 12.1 Å². The number of rotatable bonds is 4. The summed E-state index contributed by atoms with van der Waals surface area (Å²) >= 11 is 0.975. The summed E-state index contributed by atoms with van der Waals surface area (Å²) in [4.78, 5) is -0.0613. The standard InChI is InChI=1S/C10H13F2NOS/c1-6(5-14)15-10-8(11)2-7(4-13)3-9(10)12/h2-3,6,14H,4-5,13H2,1H3. The first-order chi connectivity index (χ1) is 7.08. The van der Waals surface area contributed by atoms with Gasteiger partial charge in [0.15, 0.2) is 0 Å². The molecule has 1 atom stereocenters. The van der Waals surface area contributed by atoms with E-state index in [-0.39, 0.29) is 23.3 Å². The summed E-state index contributed by atoms with van der Waals surface area (Å²) < 4.78 is 26.8. The second-order valence-corrected chi connectivity index (χ2v) is 4.65. The van der Waals surface area contributed by atoms with Crippen molar-refractivity contribution < 1.29 is 13.9 Å². The fraction of sp³-hybridized carbons (Fsp3) is 0.400. The lowest BCUT2D eigenvalue weighted by Crippen LogP contribution is -2.05.